The number of allylic oxidation sites excluding steroid dienone is 8. The van der Waals surface area contributed by atoms with Crippen molar-refractivity contribution < 1.29 is 71.3 Å². The Balaban J connectivity index is -0.0000000333. The maximum Gasteiger partial charge on any atom is 4.00 e. The molecular weight excluding hydrogens is 310 g/mol. The molecule has 0 saturated heterocycles. The SMILES string of the molecule is C1=CCC=C1.C1=CCC=C1.[Cl-].[Cl-].[Cl-].[Cl-].[Ti+4]. The molecule has 0 bridgehead atoms. The smallest absolute Gasteiger partial charge is 1.00 e. The van der Waals surface area contributed by atoms with E-state index in [2.05, 4.69) is 48.6 Å². The summed E-state index contributed by atoms with van der Waals surface area (Å²) in [6.45, 7) is 0. The molecule has 0 aliphatic heterocycles. The van der Waals surface area contributed by atoms with Crippen molar-refractivity contribution in [3.8, 4) is 0 Å². The molecule has 0 saturated carbocycles. The third kappa shape index (κ3) is 20.8. The molecule has 2 rings (SSSR count). The van der Waals surface area contributed by atoms with Crippen molar-refractivity contribution in [1.82, 2.24) is 0 Å². The summed E-state index contributed by atoms with van der Waals surface area (Å²) in [6, 6.07) is 0. The molecule has 0 aromatic rings. The molecule has 2 aliphatic carbocycles. The van der Waals surface area contributed by atoms with Gasteiger partial charge in [0.2, 0.25) is 0 Å². The molecule has 0 amide bonds. The minimum Gasteiger partial charge on any atom is -1.00 e. The summed E-state index contributed by atoms with van der Waals surface area (Å²) < 4.78 is 0. The van der Waals surface area contributed by atoms with Gasteiger partial charge in [0.15, 0.2) is 0 Å². The zero-order valence-electron chi connectivity index (χ0n) is 8.04. The minimum atomic E-state index is 0. The van der Waals surface area contributed by atoms with E-state index in [9.17, 15) is 0 Å². The third-order valence-electron chi connectivity index (χ3n) is 1.31. The Morgan fingerprint density at radius 2 is 0.667 bits per heavy atom. The topological polar surface area (TPSA) is 0 Å². The number of hydrogen-bond donors (Lipinski definition) is 0. The van der Waals surface area contributed by atoms with Gasteiger partial charge >= 0.3 is 21.7 Å². The van der Waals surface area contributed by atoms with Crippen LogP contribution in [0.25, 0.3) is 0 Å². The summed E-state index contributed by atoms with van der Waals surface area (Å²) in [6.07, 6.45) is 19.0. The molecule has 0 aromatic heterocycles. The van der Waals surface area contributed by atoms with Crippen LogP contribution in [0.1, 0.15) is 12.8 Å². The van der Waals surface area contributed by atoms with Gasteiger partial charge < -0.3 is 49.6 Å². The summed E-state index contributed by atoms with van der Waals surface area (Å²) in [5, 5.41) is 0. The van der Waals surface area contributed by atoms with Crippen molar-refractivity contribution in [1.29, 1.82) is 0 Å². The molecule has 0 nitrogen and oxygen atoms in total. The first-order chi connectivity index (χ1) is 5.00. The van der Waals surface area contributed by atoms with E-state index in [0.717, 1.165) is 12.8 Å². The standard InChI is InChI=1S/2C5H6.4ClH.Ti/c2*1-2-4-5-3-1;;;;;/h2*1-4H,5H2;4*1H;/q;;;;;;+4/p-4. The molecule has 0 unspecified atom stereocenters. The van der Waals surface area contributed by atoms with Gasteiger partial charge in [-0.15, -0.1) is 0 Å². The quantitative estimate of drug-likeness (QED) is 0.389. The summed E-state index contributed by atoms with van der Waals surface area (Å²) in [4.78, 5) is 0. The van der Waals surface area contributed by atoms with Crippen molar-refractivity contribution in [3.63, 3.8) is 0 Å². The predicted molar refractivity (Wildman–Crippen MR) is 45.8 cm³/mol. The van der Waals surface area contributed by atoms with Crippen molar-refractivity contribution in [2.24, 2.45) is 0 Å². The molecule has 2 aliphatic rings. The third-order valence-corrected chi connectivity index (χ3v) is 1.31. The Kier molecular flexibility index (Phi) is 47.9. The van der Waals surface area contributed by atoms with Crippen molar-refractivity contribution in [3.05, 3.63) is 48.6 Å². The van der Waals surface area contributed by atoms with Gasteiger partial charge in [0, 0.05) is 0 Å². The summed E-state index contributed by atoms with van der Waals surface area (Å²) in [7, 11) is 0. The van der Waals surface area contributed by atoms with E-state index in [1.807, 2.05) is 0 Å². The molecule has 0 atom stereocenters. The normalized spacial score (nSPS) is 11.7. The van der Waals surface area contributed by atoms with Gasteiger partial charge in [-0.25, -0.2) is 0 Å². The van der Waals surface area contributed by atoms with E-state index < -0.39 is 0 Å². The van der Waals surface area contributed by atoms with Crippen molar-refractivity contribution >= 4 is 0 Å². The zero-order valence-corrected chi connectivity index (χ0v) is 12.6. The van der Waals surface area contributed by atoms with Crippen LogP contribution in [0.5, 0.6) is 0 Å². The van der Waals surface area contributed by atoms with Crippen LogP contribution in [0.2, 0.25) is 0 Å². The average Bonchev–Trinajstić information content (AvgIpc) is 2.67. The van der Waals surface area contributed by atoms with E-state index in [4.69, 9.17) is 0 Å². The fourth-order valence-corrected chi connectivity index (χ4v) is 0.786. The summed E-state index contributed by atoms with van der Waals surface area (Å²) in [5.74, 6) is 0. The maximum atomic E-state index is 2.12. The van der Waals surface area contributed by atoms with E-state index in [0.29, 0.717) is 0 Å². The van der Waals surface area contributed by atoms with Crippen molar-refractivity contribution in [2.45, 2.75) is 12.8 Å². The van der Waals surface area contributed by atoms with Gasteiger partial charge in [-0.05, 0) is 12.8 Å². The van der Waals surface area contributed by atoms with Gasteiger partial charge in [0.05, 0.1) is 0 Å². The summed E-state index contributed by atoms with van der Waals surface area (Å²) >= 11 is 0. The van der Waals surface area contributed by atoms with Crippen LogP contribution in [0.3, 0.4) is 0 Å². The second-order valence-corrected chi connectivity index (χ2v) is 2.18. The van der Waals surface area contributed by atoms with Gasteiger partial charge in [-0.2, -0.15) is 0 Å². The maximum absolute atomic E-state index is 2.12. The molecule has 5 heteroatoms. The first kappa shape index (κ1) is 29.7. The van der Waals surface area contributed by atoms with Crippen LogP contribution >= 0.6 is 0 Å². The molecule has 0 fully saturated rings. The fourth-order valence-electron chi connectivity index (χ4n) is 0.786. The molecule has 0 aromatic carbocycles. The monoisotopic (exact) mass is 320 g/mol. The van der Waals surface area contributed by atoms with Crippen molar-refractivity contribution in [2.75, 3.05) is 0 Å². The second-order valence-electron chi connectivity index (χ2n) is 2.18. The van der Waals surface area contributed by atoms with Crippen LogP contribution in [0, 0.1) is 0 Å². The van der Waals surface area contributed by atoms with E-state index in [-0.39, 0.29) is 71.3 Å². The number of rotatable bonds is 0. The predicted octanol–water partition coefficient (Wildman–Crippen LogP) is -8.98. The Labute approximate surface area is 132 Å². The van der Waals surface area contributed by atoms with E-state index >= 15 is 0 Å². The minimum absolute atomic E-state index is 0. The van der Waals surface area contributed by atoms with E-state index in [1.54, 1.807) is 0 Å². The molecule has 15 heavy (non-hydrogen) atoms. The number of halogens is 4. The molecule has 0 radical (unpaired) electrons. The average molecular weight is 322 g/mol. The summed E-state index contributed by atoms with van der Waals surface area (Å²) in [5.41, 5.74) is 0. The number of hydrogen-bond acceptors (Lipinski definition) is 0. The first-order valence-electron chi connectivity index (χ1n) is 3.63. The molecule has 0 N–H and O–H groups in total. The van der Waals surface area contributed by atoms with Crippen LogP contribution in [0.15, 0.2) is 48.6 Å². The van der Waals surface area contributed by atoms with Crippen LogP contribution in [-0.2, 0) is 21.7 Å². The van der Waals surface area contributed by atoms with Gasteiger partial charge in [-0.3, -0.25) is 0 Å². The second kappa shape index (κ2) is 24.2. The molecular formula is C10H12Cl4Ti. The van der Waals surface area contributed by atoms with Gasteiger partial charge in [-0.1, -0.05) is 48.6 Å². The van der Waals surface area contributed by atoms with Crippen LogP contribution in [-0.4, -0.2) is 0 Å². The van der Waals surface area contributed by atoms with Gasteiger partial charge in [0.25, 0.3) is 0 Å². The Morgan fingerprint density at radius 1 is 0.467 bits per heavy atom. The largest absolute Gasteiger partial charge is 4.00 e. The zero-order chi connectivity index (χ0) is 7.07. The first-order valence-corrected chi connectivity index (χ1v) is 3.63. The van der Waals surface area contributed by atoms with E-state index in [1.165, 1.54) is 0 Å². The van der Waals surface area contributed by atoms with Crippen LogP contribution in [0.4, 0.5) is 0 Å². The Bertz CT molecular complexity index is 156. The fraction of sp³-hybridized carbons (Fsp3) is 0.200. The Morgan fingerprint density at radius 3 is 0.733 bits per heavy atom. The van der Waals surface area contributed by atoms with Crippen LogP contribution < -0.4 is 49.6 Å². The molecule has 0 spiro atoms. The Hall–Kier alpha value is 0.834. The van der Waals surface area contributed by atoms with Gasteiger partial charge in [0.1, 0.15) is 0 Å². The molecule has 84 valence electrons. The molecule has 0 heterocycles.